The third kappa shape index (κ3) is 2.53. The van der Waals surface area contributed by atoms with E-state index in [4.69, 9.17) is 19.3 Å². The van der Waals surface area contributed by atoms with E-state index in [0.29, 0.717) is 16.9 Å². The van der Waals surface area contributed by atoms with Gasteiger partial charge in [0.05, 0.1) is 13.7 Å². The van der Waals surface area contributed by atoms with Crippen LogP contribution in [0.25, 0.3) is 0 Å². The van der Waals surface area contributed by atoms with Crippen LogP contribution in [-0.4, -0.2) is 36.7 Å². The minimum Gasteiger partial charge on any atom is -0.493 e. The molecule has 1 unspecified atom stereocenters. The minimum atomic E-state index is -1.10. The van der Waals surface area contributed by atoms with Crippen LogP contribution in [0.15, 0.2) is 12.1 Å². The Morgan fingerprint density at radius 3 is 2.89 bits per heavy atom. The molecule has 2 rings (SSSR count). The molecule has 1 atom stereocenters. The number of carbonyl (C=O) groups excluding carboxylic acids is 1. The molecule has 1 aromatic carbocycles. The first-order valence-corrected chi connectivity index (χ1v) is 5.75. The Morgan fingerprint density at radius 1 is 1.53 bits per heavy atom. The van der Waals surface area contributed by atoms with Crippen LogP contribution in [0.5, 0.6) is 11.5 Å². The maximum atomic E-state index is 12.0. The predicted molar refractivity (Wildman–Crippen MR) is 64.7 cm³/mol. The van der Waals surface area contributed by atoms with E-state index in [2.05, 4.69) is 0 Å². The molecular weight excluding hydrogens is 252 g/mol. The van der Waals surface area contributed by atoms with E-state index >= 15 is 0 Å². The molecule has 1 N–H and O–H groups in total. The molecule has 6 heteroatoms. The normalized spacial score (nSPS) is 17.8. The third-order valence-corrected chi connectivity index (χ3v) is 2.90. The molecule has 1 heterocycles. The van der Waals surface area contributed by atoms with E-state index in [1.807, 2.05) is 0 Å². The molecule has 0 fully saturated rings. The summed E-state index contributed by atoms with van der Waals surface area (Å²) >= 11 is 0. The smallest absolute Gasteiger partial charge is 0.341 e. The standard InChI is InChI=1S/C13H14O6/c1-7-12(16)8-3-4-10(17-2)13(9(8)5-18-7)19-6-11(14)15/h3-4,7H,5-6H2,1-2H3,(H,14,15). The van der Waals surface area contributed by atoms with Gasteiger partial charge in [-0.15, -0.1) is 0 Å². The second-order valence-electron chi connectivity index (χ2n) is 4.12. The van der Waals surface area contributed by atoms with Crippen molar-refractivity contribution in [3.8, 4) is 11.5 Å². The maximum Gasteiger partial charge on any atom is 0.341 e. The lowest BCUT2D eigenvalue weighted by molar-refractivity contribution is -0.139. The number of benzene rings is 1. The number of carbonyl (C=O) groups is 2. The predicted octanol–water partition coefficient (Wildman–Crippen LogP) is 1.26. The number of carboxylic acids is 1. The highest BCUT2D eigenvalue weighted by molar-refractivity contribution is 6.02. The van der Waals surface area contributed by atoms with E-state index in [1.165, 1.54) is 7.11 Å². The molecule has 0 aromatic heterocycles. The van der Waals surface area contributed by atoms with Crippen LogP contribution in [0.3, 0.4) is 0 Å². The Hall–Kier alpha value is -2.08. The fraction of sp³-hybridized carbons (Fsp3) is 0.385. The van der Waals surface area contributed by atoms with Crippen LogP contribution < -0.4 is 9.47 Å². The van der Waals surface area contributed by atoms with Crippen molar-refractivity contribution >= 4 is 11.8 Å². The van der Waals surface area contributed by atoms with Crippen LogP contribution in [0.2, 0.25) is 0 Å². The van der Waals surface area contributed by atoms with E-state index in [0.717, 1.165) is 0 Å². The fourth-order valence-corrected chi connectivity index (χ4v) is 1.94. The van der Waals surface area contributed by atoms with Crippen molar-refractivity contribution in [2.24, 2.45) is 0 Å². The molecule has 0 saturated heterocycles. The molecule has 1 aliphatic rings. The quantitative estimate of drug-likeness (QED) is 0.883. The van der Waals surface area contributed by atoms with Crippen molar-refractivity contribution in [1.82, 2.24) is 0 Å². The molecule has 1 aliphatic heterocycles. The van der Waals surface area contributed by atoms with Gasteiger partial charge in [0.25, 0.3) is 0 Å². The van der Waals surface area contributed by atoms with Gasteiger partial charge in [0.1, 0.15) is 6.10 Å². The van der Waals surface area contributed by atoms with Crippen LogP contribution >= 0.6 is 0 Å². The van der Waals surface area contributed by atoms with Crippen molar-refractivity contribution in [1.29, 1.82) is 0 Å². The van der Waals surface area contributed by atoms with Crippen molar-refractivity contribution in [2.75, 3.05) is 13.7 Å². The number of methoxy groups -OCH3 is 1. The topological polar surface area (TPSA) is 82.1 Å². The number of carboxylic acid groups (broad SMARTS) is 1. The molecule has 1 aromatic rings. The van der Waals surface area contributed by atoms with Gasteiger partial charge in [-0.1, -0.05) is 0 Å². The maximum absolute atomic E-state index is 12.0. The summed E-state index contributed by atoms with van der Waals surface area (Å²) < 4.78 is 15.7. The van der Waals surface area contributed by atoms with Crippen molar-refractivity contribution in [3.05, 3.63) is 23.3 Å². The van der Waals surface area contributed by atoms with Crippen molar-refractivity contribution < 1.29 is 28.9 Å². The second-order valence-corrected chi connectivity index (χ2v) is 4.12. The largest absolute Gasteiger partial charge is 0.493 e. The first-order chi connectivity index (χ1) is 9.04. The van der Waals surface area contributed by atoms with Gasteiger partial charge in [0.2, 0.25) is 0 Å². The summed E-state index contributed by atoms with van der Waals surface area (Å²) in [5.74, 6) is -0.617. The fourth-order valence-electron chi connectivity index (χ4n) is 1.94. The lowest BCUT2D eigenvalue weighted by Gasteiger charge is -2.24. The Kier molecular flexibility index (Phi) is 3.71. The van der Waals surface area contributed by atoms with Crippen LogP contribution in [0, 0.1) is 0 Å². The average Bonchev–Trinajstić information content (AvgIpc) is 2.39. The Bertz CT molecular complexity index is 522. The molecule has 0 bridgehead atoms. The summed E-state index contributed by atoms with van der Waals surface area (Å²) in [5, 5.41) is 8.67. The number of ketones is 1. The minimum absolute atomic E-state index is 0.149. The van der Waals surface area contributed by atoms with Gasteiger partial charge in [0, 0.05) is 11.1 Å². The molecule has 102 valence electrons. The summed E-state index contributed by atoms with van der Waals surface area (Å²) in [4.78, 5) is 22.6. The van der Waals surface area contributed by atoms with Gasteiger partial charge in [-0.3, -0.25) is 4.79 Å². The van der Waals surface area contributed by atoms with E-state index in [9.17, 15) is 9.59 Å². The number of rotatable bonds is 4. The molecule has 0 amide bonds. The lowest BCUT2D eigenvalue weighted by atomic mass is 9.97. The Labute approximate surface area is 109 Å². The summed E-state index contributed by atoms with van der Waals surface area (Å²) in [6.07, 6.45) is -0.506. The molecule has 0 radical (unpaired) electrons. The van der Waals surface area contributed by atoms with E-state index in [1.54, 1.807) is 19.1 Å². The Balaban J connectivity index is 2.44. The first kappa shape index (κ1) is 13.4. The molecule has 6 nitrogen and oxygen atoms in total. The van der Waals surface area contributed by atoms with Crippen molar-refractivity contribution in [3.63, 3.8) is 0 Å². The van der Waals surface area contributed by atoms with Gasteiger partial charge in [-0.05, 0) is 19.1 Å². The zero-order valence-corrected chi connectivity index (χ0v) is 10.6. The van der Waals surface area contributed by atoms with Gasteiger partial charge < -0.3 is 19.3 Å². The molecule has 19 heavy (non-hydrogen) atoms. The first-order valence-electron chi connectivity index (χ1n) is 5.75. The average molecular weight is 266 g/mol. The number of Topliss-reactive ketones (excluding diaryl/α,β-unsaturated/α-hetero) is 1. The number of hydrogen-bond donors (Lipinski definition) is 1. The van der Waals surface area contributed by atoms with Crippen LogP contribution in [0.4, 0.5) is 0 Å². The van der Waals surface area contributed by atoms with Gasteiger partial charge in [-0.2, -0.15) is 0 Å². The van der Waals surface area contributed by atoms with Crippen molar-refractivity contribution in [2.45, 2.75) is 19.6 Å². The van der Waals surface area contributed by atoms with Crippen LogP contribution in [0.1, 0.15) is 22.8 Å². The van der Waals surface area contributed by atoms with E-state index in [-0.39, 0.29) is 18.1 Å². The molecule has 0 spiro atoms. The number of hydrogen-bond acceptors (Lipinski definition) is 5. The second kappa shape index (κ2) is 5.27. The monoisotopic (exact) mass is 266 g/mol. The summed E-state index contributed by atoms with van der Waals surface area (Å²) in [5.41, 5.74) is 1.02. The highest BCUT2D eigenvalue weighted by atomic mass is 16.5. The van der Waals surface area contributed by atoms with Gasteiger partial charge in [0.15, 0.2) is 23.9 Å². The summed E-state index contributed by atoms with van der Waals surface area (Å²) in [6, 6.07) is 3.23. The summed E-state index contributed by atoms with van der Waals surface area (Å²) in [6.45, 7) is 1.36. The van der Waals surface area contributed by atoms with Gasteiger partial charge >= 0.3 is 5.97 Å². The Morgan fingerprint density at radius 2 is 2.26 bits per heavy atom. The SMILES string of the molecule is COc1ccc2c(c1OCC(=O)O)COC(C)C2=O. The number of fused-ring (bicyclic) bond motifs is 1. The highest BCUT2D eigenvalue weighted by Crippen LogP contribution is 2.37. The third-order valence-electron chi connectivity index (χ3n) is 2.90. The zero-order valence-electron chi connectivity index (χ0n) is 10.6. The summed E-state index contributed by atoms with van der Waals surface area (Å²) in [7, 11) is 1.45. The molecule has 0 saturated carbocycles. The van der Waals surface area contributed by atoms with Crippen LogP contribution in [-0.2, 0) is 16.1 Å². The highest BCUT2D eigenvalue weighted by Gasteiger charge is 2.29. The lowest BCUT2D eigenvalue weighted by Crippen LogP contribution is -2.28. The number of aliphatic carboxylic acids is 1. The zero-order chi connectivity index (χ0) is 14.0. The van der Waals surface area contributed by atoms with Gasteiger partial charge in [-0.25, -0.2) is 4.79 Å². The molecular formula is C13H14O6. The number of ether oxygens (including phenoxy) is 3. The van der Waals surface area contributed by atoms with E-state index < -0.39 is 18.7 Å². The molecule has 0 aliphatic carbocycles.